The summed E-state index contributed by atoms with van der Waals surface area (Å²) in [7, 11) is 0. The van der Waals surface area contributed by atoms with Gasteiger partial charge in [-0.1, -0.05) is 6.92 Å². The first kappa shape index (κ1) is 15.3. The minimum absolute atomic E-state index is 0.149. The summed E-state index contributed by atoms with van der Waals surface area (Å²) in [6.07, 6.45) is 9.24. The Hall–Kier alpha value is -2.63. The van der Waals surface area contributed by atoms with Gasteiger partial charge in [0.2, 0.25) is 5.91 Å². The average Bonchev–Trinajstić information content (AvgIpc) is 3.11. The summed E-state index contributed by atoms with van der Waals surface area (Å²) in [4.78, 5) is 19.8. The van der Waals surface area contributed by atoms with Crippen molar-refractivity contribution in [3.8, 4) is 0 Å². The highest BCUT2D eigenvalue weighted by molar-refractivity contribution is 5.91. The standard InChI is InChI=1S/C17H20N4O2/c1-12-10-14(12)15-4-2-13(23-15)3-5-17(22)21-9-8-20-16-11-18-6-7-19-16/h2-7,11-12,14H,8-10H2,1H3,(H,19,20)(H,21,22). The molecule has 0 aromatic carbocycles. The first-order valence-corrected chi connectivity index (χ1v) is 7.78. The van der Waals surface area contributed by atoms with Gasteiger partial charge in [0.25, 0.3) is 0 Å². The SMILES string of the molecule is CC1CC1c1ccc(C=CC(=O)NCCNc2cnccn2)o1. The zero-order valence-corrected chi connectivity index (χ0v) is 13.0. The van der Waals surface area contributed by atoms with Crippen molar-refractivity contribution in [3.63, 3.8) is 0 Å². The number of nitrogens with zero attached hydrogens (tertiary/aromatic N) is 2. The van der Waals surface area contributed by atoms with Crippen molar-refractivity contribution in [1.29, 1.82) is 0 Å². The Bertz CT molecular complexity index is 681. The van der Waals surface area contributed by atoms with Gasteiger partial charge in [-0.3, -0.25) is 9.78 Å². The van der Waals surface area contributed by atoms with E-state index in [9.17, 15) is 4.79 Å². The summed E-state index contributed by atoms with van der Waals surface area (Å²) in [5.74, 6) is 3.54. The zero-order chi connectivity index (χ0) is 16.1. The molecule has 0 bridgehead atoms. The van der Waals surface area contributed by atoms with E-state index in [-0.39, 0.29) is 5.91 Å². The molecule has 2 aromatic rings. The Balaban J connectivity index is 1.38. The third-order valence-electron chi connectivity index (χ3n) is 3.81. The monoisotopic (exact) mass is 312 g/mol. The fourth-order valence-electron chi connectivity index (χ4n) is 2.36. The van der Waals surface area contributed by atoms with Crippen LogP contribution in [0, 0.1) is 5.92 Å². The minimum Gasteiger partial charge on any atom is -0.461 e. The predicted molar refractivity (Wildman–Crippen MR) is 87.8 cm³/mol. The Labute approximate surface area is 135 Å². The Kier molecular flexibility index (Phi) is 4.71. The second kappa shape index (κ2) is 7.09. The number of carbonyl (C=O) groups excluding carboxylic acids is 1. The van der Waals surface area contributed by atoms with Crippen LogP contribution in [0.15, 0.2) is 41.2 Å². The smallest absolute Gasteiger partial charge is 0.244 e. The molecule has 2 heterocycles. The predicted octanol–water partition coefficient (Wildman–Crippen LogP) is 2.43. The highest BCUT2D eigenvalue weighted by atomic mass is 16.3. The maximum Gasteiger partial charge on any atom is 0.244 e. The molecule has 23 heavy (non-hydrogen) atoms. The fourth-order valence-corrected chi connectivity index (χ4v) is 2.36. The molecular weight excluding hydrogens is 292 g/mol. The van der Waals surface area contributed by atoms with Gasteiger partial charge < -0.3 is 15.1 Å². The zero-order valence-electron chi connectivity index (χ0n) is 13.0. The van der Waals surface area contributed by atoms with Crippen LogP contribution >= 0.6 is 0 Å². The topological polar surface area (TPSA) is 80.0 Å². The normalized spacial score (nSPS) is 19.7. The lowest BCUT2D eigenvalue weighted by atomic mass is 10.3. The maximum absolute atomic E-state index is 11.7. The van der Waals surface area contributed by atoms with Gasteiger partial charge in [0, 0.05) is 37.5 Å². The van der Waals surface area contributed by atoms with Crippen LogP contribution in [-0.2, 0) is 4.79 Å². The molecule has 1 amide bonds. The molecule has 1 saturated carbocycles. The molecule has 6 heteroatoms. The van der Waals surface area contributed by atoms with Gasteiger partial charge >= 0.3 is 0 Å². The van der Waals surface area contributed by atoms with Crippen LogP contribution < -0.4 is 10.6 Å². The summed E-state index contributed by atoms with van der Waals surface area (Å²) in [6, 6.07) is 3.90. The van der Waals surface area contributed by atoms with Crippen LogP contribution in [0.4, 0.5) is 5.82 Å². The largest absolute Gasteiger partial charge is 0.461 e. The maximum atomic E-state index is 11.7. The number of furan rings is 1. The molecule has 0 saturated heterocycles. The molecule has 2 N–H and O–H groups in total. The van der Waals surface area contributed by atoms with Crippen LogP contribution in [0.2, 0.25) is 0 Å². The van der Waals surface area contributed by atoms with Crippen LogP contribution in [0.3, 0.4) is 0 Å². The molecule has 3 rings (SSSR count). The lowest BCUT2D eigenvalue weighted by Crippen LogP contribution is -2.27. The van der Waals surface area contributed by atoms with Crippen molar-refractivity contribution in [2.75, 3.05) is 18.4 Å². The summed E-state index contributed by atoms with van der Waals surface area (Å²) < 4.78 is 5.72. The third-order valence-corrected chi connectivity index (χ3v) is 3.81. The van der Waals surface area contributed by atoms with E-state index in [0.717, 1.165) is 5.76 Å². The molecule has 0 radical (unpaired) electrons. The van der Waals surface area contributed by atoms with E-state index in [1.807, 2.05) is 12.1 Å². The number of nitrogens with one attached hydrogen (secondary N) is 2. The van der Waals surface area contributed by atoms with Gasteiger partial charge in [0.15, 0.2) is 0 Å². The van der Waals surface area contributed by atoms with E-state index in [1.165, 1.54) is 12.5 Å². The molecule has 2 aromatic heterocycles. The van der Waals surface area contributed by atoms with E-state index in [2.05, 4.69) is 27.5 Å². The van der Waals surface area contributed by atoms with Crippen molar-refractivity contribution in [2.24, 2.45) is 5.92 Å². The van der Waals surface area contributed by atoms with Gasteiger partial charge in [-0.05, 0) is 30.5 Å². The molecule has 0 aliphatic heterocycles. The number of hydrogen-bond acceptors (Lipinski definition) is 5. The number of carbonyl (C=O) groups is 1. The van der Waals surface area contributed by atoms with E-state index in [0.29, 0.717) is 36.5 Å². The van der Waals surface area contributed by atoms with Gasteiger partial charge in [0.05, 0.1) is 6.20 Å². The van der Waals surface area contributed by atoms with E-state index in [1.54, 1.807) is 24.7 Å². The molecule has 2 unspecified atom stereocenters. The van der Waals surface area contributed by atoms with Crippen molar-refractivity contribution in [1.82, 2.24) is 15.3 Å². The Morgan fingerprint density at radius 3 is 3.00 bits per heavy atom. The lowest BCUT2D eigenvalue weighted by Gasteiger charge is -2.04. The second-order valence-corrected chi connectivity index (χ2v) is 5.70. The molecular formula is C17H20N4O2. The Morgan fingerprint density at radius 1 is 1.39 bits per heavy atom. The van der Waals surface area contributed by atoms with Crippen molar-refractivity contribution in [2.45, 2.75) is 19.3 Å². The lowest BCUT2D eigenvalue weighted by molar-refractivity contribution is -0.116. The first-order valence-electron chi connectivity index (χ1n) is 7.78. The van der Waals surface area contributed by atoms with Crippen molar-refractivity contribution < 1.29 is 9.21 Å². The quantitative estimate of drug-likeness (QED) is 0.606. The molecule has 1 aliphatic rings. The molecule has 1 aliphatic carbocycles. The summed E-state index contributed by atoms with van der Waals surface area (Å²) in [5.41, 5.74) is 0. The van der Waals surface area contributed by atoms with Crippen LogP contribution in [-0.4, -0.2) is 29.0 Å². The van der Waals surface area contributed by atoms with Gasteiger partial charge in [0.1, 0.15) is 17.3 Å². The van der Waals surface area contributed by atoms with Gasteiger partial charge in [-0.2, -0.15) is 0 Å². The number of hydrogen-bond donors (Lipinski definition) is 2. The number of anilines is 1. The minimum atomic E-state index is -0.149. The summed E-state index contributed by atoms with van der Waals surface area (Å²) >= 11 is 0. The summed E-state index contributed by atoms with van der Waals surface area (Å²) in [6.45, 7) is 3.30. The van der Waals surface area contributed by atoms with E-state index >= 15 is 0 Å². The first-order chi connectivity index (χ1) is 11.2. The average molecular weight is 312 g/mol. The molecule has 1 fully saturated rings. The third kappa shape index (κ3) is 4.42. The van der Waals surface area contributed by atoms with Crippen LogP contribution in [0.25, 0.3) is 6.08 Å². The highest BCUT2D eigenvalue weighted by Gasteiger charge is 2.36. The van der Waals surface area contributed by atoms with Gasteiger partial charge in [-0.25, -0.2) is 4.98 Å². The number of rotatable bonds is 7. The molecule has 2 atom stereocenters. The van der Waals surface area contributed by atoms with Gasteiger partial charge in [-0.15, -0.1) is 0 Å². The van der Waals surface area contributed by atoms with Crippen LogP contribution in [0.5, 0.6) is 0 Å². The van der Waals surface area contributed by atoms with E-state index in [4.69, 9.17) is 4.42 Å². The Morgan fingerprint density at radius 2 is 2.26 bits per heavy atom. The highest BCUT2D eigenvalue weighted by Crippen LogP contribution is 2.47. The van der Waals surface area contributed by atoms with Crippen molar-refractivity contribution >= 4 is 17.8 Å². The molecule has 6 nitrogen and oxygen atoms in total. The number of aromatic nitrogens is 2. The van der Waals surface area contributed by atoms with Crippen LogP contribution in [0.1, 0.15) is 30.8 Å². The molecule has 120 valence electrons. The second-order valence-electron chi connectivity index (χ2n) is 5.70. The van der Waals surface area contributed by atoms with E-state index < -0.39 is 0 Å². The summed E-state index contributed by atoms with van der Waals surface area (Å²) in [5, 5.41) is 5.86. The van der Waals surface area contributed by atoms with Crippen molar-refractivity contribution in [3.05, 3.63) is 48.3 Å². The molecule has 0 spiro atoms. The number of amides is 1. The fraction of sp³-hybridized carbons (Fsp3) is 0.353.